The van der Waals surface area contributed by atoms with E-state index in [1.165, 1.54) is 14.2 Å². The smallest absolute Gasteiger partial charge is 0.160 e. The quantitative estimate of drug-likeness (QED) is 0.734. The number of hydrogen-bond acceptors (Lipinski definition) is 6. The summed E-state index contributed by atoms with van der Waals surface area (Å²) < 4.78 is 16.3. The molecule has 1 saturated heterocycles. The lowest BCUT2D eigenvalue weighted by atomic mass is 9.84. The van der Waals surface area contributed by atoms with Gasteiger partial charge < -0.3 is 29.5 Å². The molecule has 0 radical (unpaired) electrons. The fourth-order valence-corrected chi connectivity index (χ4v) is 3.54. The van der Waals surface area contributed by atoms with Gasteiger partial charge in [-0.15, -0.1) is 0 Å². The molecule has 140 valence electrons. The first kappa shape index (κ1) is 18.4. The van der Waals surface area contributed by atoms with E-state index in [2.05, 4.69) is 0 Å². The van der Waals surface area contributed by atoms with Gasteiger partial charge in [0.2, 0.25) is 0 Å². The van der Waals surface area contributed by atoms with Crippen molar-refractivity contribution in [2.24, 2.45) is 11.8 Å². The van der Waals surface area contributed by atoms with Gasteiger partial charge in [0.25, 0.3) is 0 Å². The van der Waals surface area contributed by atoms with Crippen molar-refractivity contribution in [3.63, 3.8) is 0 Å². The molecule has 0 bridgehead atoms. The van der Waals surface area contributed by atoms with Crippen LogP contribution < -0.4 is 9.47 Å². The normalized spacial score (nSPS) is 22.3. The predicted octanol–water partition coefficient (Wildman–Crippen LogP) is 2.65. The van der Waals surface area contributed by atoms with Gasteiger partial charge >= 0.3 is 0 Å². The SMILES string of the molecule is COc1cc(CC2CO[C@H](c3ccc(O)c(OC)c3)C2CO)ccc1O. The lowest BCUT2D eigenvalue weighted by Gasteiger charge is -2.22. The monoisotopic (exact) mass is 360 g/mol. The second-order valence-electron chi connectivity index (χ2n) is 6.50. The van der Waals surface area contributed by atoms with Crippen LogP contribution in [0.25, 0.3) is 0 Å². The molecule has 3 N–H and O–H groups in total. The molecule has 2 unspecified atom stereocenters. The van der Waals surface area contributed by atoms with Gasteiger partial charge in [0, 0.05) is 12.5 Å². The van der Waals surface area contributed by atoms with Gasteiger partial charge in [0.15, 0.2) is 23.0 Å². The summed E-state index contributed by atoms with van der Waals surface area (Å²) in [5.74, 6) is 1.04. The lowest BCUT2D eigenvalue weighted by Crippen LogP contribution is -2.21. The Balaban J connectivity index is 1.79. The van der Waals surface area contributed by atoms with E-state index in [4.69, 9.17) is 14.2 Å². The summed E-state index contributed by atoms with van der Waals surface area (Å²) in [6, 6.07) is 10.4. The van der Waals surface area contributed by atoms with Crippen LogP contribution in [0.5, 0.6) is 23.0 Å². The van der Waals surface area contributed by atoms with Crippen molar-refractivity contribution >= 4 is 0 Å². The number of phenolic OH excluding ortho intramolecular Hbond substituents is 2. The summed E-state index contributed by atoms with van der Waals surface area (Å²) in [7, 11) is 3.02. The molecule has 26 heavy (non-hydrogen) atoms. The third-order valence-electron chi connectivity index (χ3n) is 4.97. The average Bonchev–Trinajstić information content (AvgIpc) is 3.06. The highest BCUT2D eigenvalue weighted by atomic mass is 16.5. The number of benzene rings is 2. The molecule has 0 spiro atoms. The van der Waals surface area contributed by atoms with E-state index < -0.39 is 0 Å². The van der Waals surface area contributed by atoms with Crippen LogP contribution in [0.1, 0.15) is 17.2 Å². The number of aromatic hydroxyl groups is 2. The number of phenols is 2. The molecule has 3 rings (SSSR count). The molecule has 6 nitrogen and oxygen atoms in total. The van der Waals surface area contributed by atoms with E-state index in [9.17, 15) is 15.3 Å². The van der Waals surface area contributed by atoms with Crippen LogP contribution in [0.15, 0.2) is 36.4 Å². The van der Waals surface area contributed by atoms with E-state index in [1.807, 2.05) is 6.07 Å². The fraction of sp³-hybridized carbons (Fsp3) is 0.400. The van der Waals surface area contributed by atoms with Crippen molar-refractivity contribution in [1.82, 2.24) is 0 Å². The Labute approximate surface area is 152 Å². The number of rotatable bonds is 6. The molecule has 0 aliphatic carbocycles. The molecule has 0 amide bonds. The summed E-state index contributed by atoms with van der Waals surface area (Å²) in [5, 5.41) is 29.5. The molecule has 0 saturated carbocycles. The van der Waals surface area contributed by atoms with Gasteiger partial charge in [-0.25, -0.2) is 0 Å². The van der Waals surface area contributed by atoms with Crippen molar-refractivity contribution in [3.8, 4) is 23.0 Å². The first-order valence-electron chi connectivity index (χ1n) is 8.52. The molecule has 2 aromatic rings. The average molecular weight is 360 g/mol. The molecule has 1 fully saturated rings. The van der Waals surface area contributed by atoms with Gasteiger partial charge in [-0.05, 0) is 47.7 Å². The largest absolute Gasteiger partial charge is 0.504 e. The zero-order valence-electron chi connectivity index (χ0n) is 14.9. The molecule has 1 heterocycles. The summed E-state index contributed by atoms with van der Waals surface area (Å²) in [6.07, 6.45) is 0.437. The van der Waals surface area contributed by atoms with Gasteiger partial charge in [0.1, 0.15) is 0 Å². The number of aliphatic hydroxyl groups is 1. The van der Waals surface area contributed by atoms with Crippen LogP contribution in [0.2, 0.25) is 0 Å². The molecule has 1 aliphatic heterocycles. The van der Waals surface area contributed by atoms with Crippen LogP contribution in [-0.2, 0) is 11.2 Å². The predicted molar refractivity (Wildman–Crippen MR) is 95.8 cm³/mol. The Morgan fingerprint density at radius 2 is 1.65 bits per heavy atom. The highest BCUT2D eigenvalue weighted by Gasteiger charge is 2.38. The van der Waals surface area contributed by atoms with E-state index >= 15 is 0 Å². The number of ether oxygens (including phenoxy) is 3. The van der Waals surface area contributed by atoms with Gasteiger partial charge in [0.05, 0.1) is 26.9 Å². The molecular formula is C20H24O6. The molecule has 0 aromatic heterocycles. The molecule has 1 aliphatic rings. The minimum Gasteiger partial charge on any atom is -0.504 e. The van der Waals surface area contributed by atoms with Gasteiger partial charge in [-0.2, -0.15) is 0 Å². The standard InChI is InChI=1S/C20H24O6/c1-24-18-8-12(3-5-16(18)22)7-14-11-26-20(15(14)10-21)13-4-6-17(23)19(9-13)25-2/h3-6,8-9,14-15,20-23H,7,10-11H2,1-2H3/t14?,15?,20-/m1/s1. The highest BCUT2D eigenvalue weighted by Crippen LogP contribution is 2.42. The van der Waals surface area contributed by atoms with Crippen LogP contribution in [0.4, 0.5) is 0 Å². The second-order valence-corrected chi connectivity index (χ2v) is 6.50. The van der Waals surface area contributed by atoms with Crippen LogP contribution in [-0.4, -0.2) is 42.8 Å². The highest BCUT2D eigenvalue weighted by molar-refractivity contribution is 5.43. The first-order chi connectivity index (χ1) is 12.6. The van der Waals surface area contributed by atoms with Crippen molar-refractivity contribution < 1.29 is 29.5 Å². The Hall–Kier alpha value is -2.44. The summed E-state index contributed by atoms with van der Waals surface area (Å²) in [5.41, 5.74) is 1.88. The number of hydrogen-bond donors (Lipinski definition) is 3. The Kier molecular flexibility index (Phi) is 5.54. The van der Waals surface area contributed by atoms with E-state index in [0.717, 1.165) is 11.1 Å². The van der Waals surface area contributed by atoms with Crippen LogP contribution in [0, 0.1) is 11.8 Å². The van der Waals surface area contributed by atoms with Crippen molar-refractivity contribution in [2.75, 3.05) is 27.4 Å². The van der Waals surface area contributed by atoms with Crippen LogP contribution in [0.3, 0.4) is 0 Å². The summed E-state index contributed by atoms with van der Waals surface area (Å²) in [6.45, 7) is 0.510. The Morgan fingerprint density at radius 3 is 2.31 bits per heavy atom. The lowest BCUT2D eigenvalue weighted by molar-refractivity contribution is 0.0717. The topological polar surface area (TPSA) is 88.4 Å². The van der Waals surface area contributed by atoms with E-state index in [0.29, 0.717) is 24.5 Å². The number of methoxy groups -OCH3 is 2. The zero-order chi connectivity index (χ0) is 18.7. The minimum absolute atomic E-state index is 0.00621. The second kappa shape index (κ2) is 7.85. The maximum absolute atomic E-state index is 9.95. The van der Waals surface area contributed by atoms with Crippen molar-refractivity contribution in [1.29, 1.82) is 0 Å². The fourth-order valence-electron chi connectivity index (χ4n) is 3.54. The molecular weight excluding hydrogens is 336 g/mol. The molecule has 3 atom stereocenters. The maximum atomic E-state index is 9.95. The van der Waals surface area contributed by atoms with Gasteiger partial charge in [-0.3, -0.25) is 0 Å². The van der Waals surface area contributed by atoms with E-state index in [-0.39, 0.29) is 36.0 Å². The molecule has 6 heteroatoms. The third kappa shape index (κ3) is 3.57. The summed E-state index contributed by atoms with van der Waals surface area (Å²) in [4.78, 5) is 0. The molecule has 2 aromatic carbocycles. The van der Waals surface area contributed by atoms with Crippen molar-refractivity contribution in [3.05, 3.63) is 47.5 Å². The Morgan fingerprint density at radius 1 is 1.00 bits per heavy atom. The van der Waals surface area contributed by atoms with E-state index in [1.54, 1.807) is 30.3 Å². The van der Waals surface area contributed by atoms with Crippen LogP contribution >= 0.6 is 0 Å². The van der Waals surface area contributed by atoms with Crippen molar-refractivity contribution in [2.45, 2.75) is 12.5 Å². The minimum atomic E-state index is -0.265. The Bertz CT molecular complexity index is 760. The first-order valence-corrected chi connectivity index (χ1v) is 8.52. The third-order valence-corrected chi connectivity index (χ3v) is 4.97. The number of aliphatic hydroxyl groups excluding tert-OH is 1. The van der Waals surface area contributed by atoms with Gasteiger partial charge in [-0.1, -0.05) is 12.1 Å². The summed E-state index contributed by atoms with van der Waals surface area (Å²) >= 11 is 0. The maximum Gasteiger partial charge on any atom is 0.160 e. The zero-order valence-corrected chi connectivity index (χ0v) is 14.9.